The van der Waals surface area contributed by atoms with Crippen molar-refractivity contribution in [3.05, 3.63) is 30.1 Å². The smallest absolute Gasteiger partial charge is 0.239 e. The zero-order valence-corrected chi connectivity index (χ0v) is 14.2. The van der Waals surface area contributed by atoms with Gasteiger partial charge in [0.1, 0.15) is 11.9 Å². The van der Waals surface area contributed by atoms with Crippen molar-refractivity contribution < 1.29 is 4.79 Å². The molecule has 2 fully saturated rings. The maximum atomic E-state index is 12.8. The van der Waals surface area contributed by atoms with Crippen molar-refractivity contribution in [3.63, 3.8) is 0 Å². The Hall–Kier alpha value is -1.92. The zero-order chi connectivity index (χ0) is 16.7. The highest BCUT2D eigenvalue weighted by Crippen LogP contribution is 2.32. The average molecular weight is 327 g/mol. The van der Waals surface area contributed by atoms with E-state index in [0.717, 1.165) is 29.7 Å². The number of imidazole rings is 1. The normalized spacial score (nSPS) is 27.5. The maximum absolute atomic E-state index is 12.8. The summed E-state index contributed by atoms with van der Waals surface area (Å²) in [4.78, 5) is 20.9. The van der Waals surface area contributed by atoms with E-state index in [1.807, 2.05) is 24.3 Å². The Morgan fingerprint density at radius 1 is 1.25 bits per heavy atom. The van der Waals surface area contributed by atoms with E-state index in [2.05, 4.69) is 40.0 Å². The van der Waals surface area contributed by atoms with E-state index in [4.69, 9.17) is 0 Å². The first-order valence-corrected chi connectivity index (χ1v) is 8.89. The van der Waals surface area contributed by atoms with Gasteiger partial charge in [0, 0.05) is 12.0 Å². The molecule has 1 aromatic carbocycles. The number of aromatic amines is 1. The number of carbonyl (C=O) groups is 1. The molecule has 6 nitrogen and oxygen atoms in total. The van der Waals surface area contributed by atoms with Gasteiger partial charge in [0.25, 0.3) is 0 Å². The molecule has 2 aromatic rings. The number of hydrogen-bond acceptors (Lipinski definition) is 4. The minimum absolute atomic E-state index is 0.0658. The van der Waals surface area contributed by atoms with Crippen LogP contribution < -0.4 is 16.2 Å². The number of fused-ring (bicyclic) bond motifs is 2. The number of rotatable bonds is 4. The fourth-order valence-corrected chi connectivity index (χ4v) is 4.04. The standard InChI is InChI=1S/C18H25N5O/c1-10(2)15(17-19-13-7-3-4-8-14(13)20-17)21-18(24)16-11-6-5-9-12(11)22-23-16/h3-4,7-8,10-12,15-16,22-23H,5-6,9H2,1-2H3,(H,19,20)(H,21,24). The lowest BCUT2D eigenvalue weighted by atomic mass is 9.95. The maximum Gasteiger partial charge on any atom is 0.239 e. The number of carbonyl (C=O) groups excluding carboxylic acids is 1. The van der Waals surface area contributed by atoms with Gasteiger partial charge in [-0.2, -0.15) is 0 Å². The van der Waals surface area contributed by atoms with Crippen LogP contribution in [0.1, 0.15) is 45.0 Å². The van der Waals surface area contributed by atoms with E-state index in [-0.39, 0.29) is 23.9 Å². The summed E-state index contributed by atoms with van der Waals surface area (Å²) in [6.45, 7) is 4.22. The fraction of sp³-hybridized carbons (Fsp3) is 0.556. The molecule has 1 aliphatic carbocycles. The molecule has 0 spiro atoms. The topological polar surface area (TPSA) is 81.8 Å². The number of nitrogens with one attached hydrogen (secondary N) is 4. The van der Waals surface area contributed by atoms with Crippen LogP contribution in [-0.2, 0) is 4.79 Å². The van der Waals surface area contributed by atoms with Crippen LogP contribution in [0.25, 0.3) is 11.0 Å². The zero-order valence-electron chi connectivity index (χ0n) is 14.2. The first-order chi connectivity index (χ1) is 11.6. The second-order valence-corrected chi connectivity index (χ2v) is 7.34. The summed E-state index contributed by atoms with van der Waals surface area (Å²) in [5.74, 6) is 1.54. The van der Waals surface area contributed by atoms with E-state index >= 15 is 0 Å². The summed E-state index contributed by atoms with van der Waals surface area (Å²) in [5, 5.41) is 3.21. The van der Waals surface area contributed by atoms with Crippen molar-refractivity contribution in [1.29, 1.82) is 0 Å². The highest BCUT2D eigenvalue weighted by Gasteiger charge is 2.43. The Labute approximate surface area is 141 Å². The third kappa shape index (κ3) is 2.70. The van der Waals surface area contributed by atoms with Crippen LogP contribution in [0.4, 0.5) is 0 Å². The quantitative estimate of drug-likeness (QED) is 0.692. The molecule has 2 heterocycles. The molecule has 1 amide bonds. The first-order valence-electron chi connectivity index (χ1n) is 8.89. The van der Waals surface area contributed by atoms with Gasteiger partial charge in [0.15, 0.2) is 0 Å². The predicted molar refractivity (Wildman–Crippen MR) is 93.0 cm³/mol. The van der Waals surface area contributed by atoms with Crippen LogP contribution in [0.5, 0.6) is 0 Å². The predicted octanol–water partition coefficient (Wildman–Crippen LogP) is 2.02. The molecule has 128 valence electrons. The molecule has 4 N–H and O–H groups in total. The number of benzene rings is 1. The van der Waals surface area contributed by atoms with Crippen molar-refractivity contribution in [3.8, 4) is 0 Å². The molecule has 2 aliphatic rings. The molecule has 4 rings (SSSR count). The van der Waals surface area contributed by atoms with Gasteiger partial charge in [-0.1, -0.05) is 32.4 Å². The van der Waals surface area contributed by atoms with Gasteiger partial charge in [-0.05, 0) is 30.9 Å². The largest absolute Gasteiger partial charge is 0.344 e. The molecule has 24 heavy (non-hydrogen) atoms. The summed E-state index contributed by atoms with van der Waals surface area (Å²) < 4.78 is 0. The van der Waals surface area contributed by atoms with Gasteiger partial charge in [0.2, 0.25) is 5.91 Å². The van der Waals surface area contributed by atoms with Crippen molar-refractivity contribution >= 4 is 16.9 Å². The van der Waals surface area contributed by atoms with E-state index in [1.54, 1.807) is 0 Å². The van der Waals surface area contributed by atoms with E-state index in [9.17, 15) is 4.79 Å². The molecule has 0 radical (unpaired) electrons. The molecule has 1 aromatic heterocycles. The summed E-state index contributed by atoms with van der Waals surface area (Å²) in [6.07, 6.45) is 3.46. The summed E-state index contributed by atoms with van der Waals surface area (Å²) >= 11 is 0. The van der Waals surface area contributed by atoms with Gasteiger partial charge < -0.3 is 10.3 Å². The Morgan fingerprint density at radius 3 is 2.88 bits per heavy atom. The van der Waals surface area contributed by atoms with E-state index < -0.39 is 0 Å². The lowest BCUT2D eigenvalue weighted by Crippen LogP contribution is -2.47. The van der Waals surface area contributed by atoms with Gasteiger partial charge >= 0.3 is 0 Å². The molecule has 4 atom stereocenters. The van der Waals surface area contributed by atoms with Gasteiger partial charge in [0.05, 0.1) is 17.1 Å². The molecular weight excluding hydrogens is 302 g/mol. The van der Waals surface area contributed by atoms with Crippen LogP contribution in [-0.4, -0.2) is 28.0 Å². The fourth-order valence-electron chi connectivity index (χ4n) is 4.04. The molecule has 1 aliphatic heterocycles. The van der Waals surface area contributed by atoms with Gasteiger partial charge in [-0.3, -0.25) is 10.2 Å². The third-order valence-electron chi connectivity index (χ3n) is 5.37. The number of H-pyrrole nitrogens is 1. The number of aromatic nitrogens is 2. The second kappa shape index (κ2) is 6.18. The molecule has 4 unspecified atom stereocenters. The first kappa shape index (κ1) is 15.6. The van der Waals surface area contributed by atoms with Crippen molar-refractivity contribution in [2.24, 2.45) is 11.8 Å². The van der Waals surface area contributed by atoms with Crippen LogP contribution >= 0.6 is 0 Å². The molecule has 1 saturated heterocycles. The number of hydrogen-bond donors (Lipinski definition) is 4. The summed E-state index contributed by atoms with van der Waals surface area (Å²) in [7, 11) is 0. The van der Waals surface area contributed by atoms with E-state index in [0.29, 0.717) is 12.0 Å². The highest BCUT2D eigenvalue weighted by molar-refractivity contribution is 5.83. The van der Waals surface area contributed by atoms with Crippen molar-refractivity contribution in [2.45, 2.75) is 51.2 Å². The van der Waals surface area contributed by atoms with Gasteiger partial charge in [-0.25, -0.2) is 10.4 Å². The Kier molecular flexibility index (Phi) is 4.02. The number of para-hydroxylation sites is 2. The van der Waals surface area contributed by atoms with Gasteiger partial charge in [-0.15, -0.1) is 0 Å². The van der Waals surface area contributed by atoms with Crippen LogP contribution in [0.2, 0.25) is 0 Å². The van der Waals surface area contributed by atoms with E-state index in [1.165, 1.54) is 6.42 Å². The second-order valence-electron chi connectivity index (χ2n) is 7.34. The summed E-state index contributed by atoms with van der Waals surface area (Å²) in [6, 6.07) is 8.13. The lowest BCUT2D eigenvalue weighted by molar-refractivity contribution is -0.125. The lowest BCUT2D eigenvalue weighted by Gasteiger charge is -2.24. The molecular formula is C18H25N5O. The Bertz CT molecular complexity index is 707. The summed E-state index contributed by atoms with van der Waals surface area (Å²) in [5.41, 5.74) is 8.40. The minimum Gasteiger partial charge on any atom is -0.344 e. The van der Waals surface area contributed by atoms with Crippen LogP contribution in [0.15, 0.2) is 24.3 Å². The van der Waals surface area contributed by atoms with Crippen molar-refractivity contribution in [2.75, 3.05) is 0 Å². The highest BCUT2D eigenvalue weighted by atomic mass is 16.2. The molecule has 0 bridgehead atoms. The number of amides is 1. The minimum atomic E-state index is -0.150. The Morgan fingerprint density at radius 2 is 2.08 bits per heavy atom. The molecule has 6 heteroatoms. The molecule has 1 saturated carbocycles. The van der Waals surface area contributed by atoms with Crippen LogP contribution in [0.3, 0.4) is 0 Å². The van der Waals surface area contributed by atoms with Crippen molar-refractivity contribution in [1.82, 2.24) is 26.1 Å². The SMILES string of the molecule is CC(C)C(NC(=O)C1NNC2CCCC21)c1nc2ccccc2[nH]1. The Balaban J connectivity index is 1.54. The average Bonchev–Trinajstić information content (AvgIpc) is 3.25. The third-order valence-corrected chi connectivity index (χ3v) is 5.37. The monoisotopic (exact) mass is 327 g/mol. The number of nitrogens with zero attached hydrogens (tertiary/aromatic N) is 1. The van der Waals surface area contributed by atoms with Crippen LogP contribution in [0, 0.1) is 11.8 Å². The number of hydrazine groups is 1.